The molecule has 10 heteroatoms. The molecular weight excluding hydrogens is 472 g/mol. The maximum Gasteiger partial charge on any atom is 0.251 e. The number of benzene rings is 1. The zero-order valence-corrected chi connectivity index (χ0v) is 22.2. The van der Waals surface area contributed by atoms with Gasteiger partial charge in [-0.25, -0.2) is 0 Å². The topological polar surface area (TPSA) is 119 Å². The van der Waals surface area contributed by atoms with Gasteiger partial charge in [0.05, 0.1) is 0 Å². The Hall–Kier alpha value is -4.21. The first-order chi connectivity index (χ1) is 17.4. The molecule has 0 radical (unpaired) electrons. The normalized spacial score (nSPS) is 12.4. The number of tetrazole rings is 1. The molecule has 1 aromatic carbocycles. The third-order valence-electron chi connectivity index (χ3n) is 5.83. The molecule has 0 bridgehead atoms. The SMILES string of the molecule is Cc1ccc(-c2nnn(CC(=O)N(c3cccc(C)c3C)[C@H](C(=O)NC(C)(C)C)c3ccc(C)o3)n2)o1. The number of hydrogen-bond donors (Lipinski definition) is 1. The molecule has 10 nitrogen and oxygen atoms in total. The van der Waals surface area contributed by atoms with Crippen molar-refractivity contribution in [2.75, 3.05) is 4.90 Å². The van der Waals surface area contributed by atoms with Crippen LogP contribution < -0.4 is 10.2 Å². The maximum atomic E-state index is 14.0. The number of aromatic nitrogens is 4. The quantitative estimate of drug-likeness (QED) is 0.395. The molecular formula is C27H32N6O4. The molecule has 1 atom stereocenters. The summed E-state index contributed by atoms with van der Waals surface area (Å²) >= 11 is 0. The Labute approximate surface area is 215 Å². The Bertz CT molecular complexity index is 1420. The van der Waals surface area contributed by atoms with Crippen molar-refractivity contribution in [1.82, 2.24) is 25.5 Å². The minimum absolute atomic E-state index is 0.251. The standard InChI is InChI=1S/C27H32N6O4/c1-16-9-8-10-20(19(16)4)33(24(21-13-11-17(2)36-21)26(35)28-27(5,6)7)23(34)15-32-30-25(29-31-32)22-14-12-18(3)37-22/h8-14,24H,15H2,1-7H3,(H,28,35)/t24-/m0/s1. The molecule has 4 rings (SSSR count). The van der Waals surface area contributed by atoms with Crippen LogP contribution in [0.25, 0.3) is 11.6 Å². The number of aryl methyl sites for hydroxylation is 3. The summed E-state index contributed by atoms with van der Waals surface area (Å²) in [5, 5.41) is 15.4. The largest absolute Gasteiger partial charge is 0.464 e. The second-order valence-electron chi connectivity index (χ2n) is 10.1. The van der Waals surface area contributed by atoms with Crippen LogP contribution in [0, 0.1) is 27.7 Å². The number of hydrogen-bond acceptors (Lipinski definition) is 7. The lowest BCUT2D eigenvalue weighted by atomic mass is 10.0. The van der Waals surface area contributed by atoms with Crippen molar-refractivity contribution in [1.29, 1.82) is 0 Å². The molecule has 0 aliphatic rings. The van der Waals surface area contributed by atoms with Gasteiger partial charge in [-0.3, -0.25) is 14.5 Å². The minimum atomic E-state index is -1.06. The summed E-state index contributed by atoms with van der Waals surface area (Å²) in [5.74, 6) is 1.65. The zero-order chi connectivity index (χ0) is 26.9. The number of nitrogens with zero attached hydrogens (tertiary/aromatic N) is 5. The minimum Gasteiger partial charge on any atom is -0.464 e. The van der Waals surface area contributed by atoms with E-state index in [9.17, 15) is 9.59 Å². The fraction of sp³-hybridized carbons (Fsp3) is 0.370. The van der Waals surface area contributed by atoms with Crippen molar-refractivity contribution in [3.63, 3.8) is 0 Å². The van der Waals surface area contributed by atoms with Gasteiger partial charge in [-0.15, -0.1) is 10.2 Å². The van der Waals surface area contributed by atoms with Gasteiger partial charge in [0, 0.05) is 11.2 Å². The first-order valence-electron chi connectivity index (χ1n) is 12.0. The zero-order valence-electron chi connectivity index (χ0n) is 22.2. The van der Waals surface area contributed by atoms with Crippen molar-refractivity contribution in [2.45, 2.75) is 66.6 Å². The number of nitrogens with one attached hydrogen (secondary N) is 1. The monoisotopic (exact) mass is 504 g/mol. The van der Waals surface area contributed by atoms with Gasteiger partial charge in [0.1, 0.15) is 23.8 Å². The van der Waals surface area contributed by atoms with Crippen molar-refractivity contribution in [3.05, 3.63) is 70.9 Å². The summed E-state index contributed by atoms with van der Waals surface area (Å²) in [6.07, 6.45) is 0. The lowest BCUT2D eigenvalue weighted by Gasteiger charge is -2.33. The van der Waals surface area contributed by atoms with Gasteiger partial charge < -0.3 is 14.2 Å². The summed E-state index contributed by atoms with van der Waals surface area (Å²) in [7, 11) is 0. The predicted molar refractivity (Wildman–Crippen MR) is 138 cm³/mol. The second kappa shape index (κ2) is 10.0. The van der Waals surface area contributed by atoms with E-state index in [0.29, 0.717) is 28.7 Å². The van der Waals surface area contributed by atoms with E-state index < -0.39 is 17.5 Å². The molecule has 3 heterocycles. The van der Waals surface area contributed by atoms with Crippen LogP contribution in [-0.4, -0.2) is 37.6 Å². The maximum absolute atomic E-state index is 14.0. The first-order valence-corrected chi connectivity index (χ1v) is 12.0. The van der Waals surface area contributed by atoms with Crippen molar-refractivity contribution < 1.29 is 18.4 Å². The highest BCUT2D eigenvalue weighted by molar-refractivity contribution is 6.01. The van der Waals surface area contributed by atoms with Crippen LogP contribution in [0.3, 0.4) is 0 Å². The van der Waals surface area contributed by atoms with E-state index in [1.165, 1.54) is 9.70 Å². The third kappa shape index (κ3) is 5.79. The number of anilines is 1. The molecule has 0 unspecified atom stereocenters. The average Bonchev–Trinajstić information content (AvgIpc) is 3.54. The summed E-state index contributed by atoms with van der Waals surface area (Å²) in [4.78, 5) is 30.3. The fourth-order valence-electron chi connectivity index (χ4n) is 3.99. The summed E-state index contributed by atoms with van der Waals surface area (Å²) in [6, 6.07) is 11.6. The van der Waals surface area contributed by atoms with Crippen LogP contribution in [0.15, 0.2) is 51.3 Å². The van der Waals surface area contributed by atoms with Gasteiger partial charge in [-0.1, -0.05) is 12.1 Å². The second-order valence-corrected chi connectivity index (χ2v) is 10.1. The summed E-state index contributed by atoms with van der Waals surface area (Å²) in [5.41, 5.74) is 1.91. The van der Waals surface area contributed by atoms with E-state index in [1.807, 2.05) is 59.7 Å². The molecule has 0 fully saturated rings. The Morgan fingerprint density at radius 2 is 1.70 bits per heavy atom. The van der Waals surface area contributed by atoms with E-state index in [0.717, 1.165) is 11.1 Å². The Kier molecular flexibility index (Phi) is 7.02. The van der Waals surface area contributed by atoms with E-state index >= 15 is 0 Å². The van der Waals surface area contributed by atoms with E-state index in [2.05, 4.69) is 20.7 Å². The molecule has 4 aromatic rings. The lowest BCUT2D eigenvalue weighted by Crippen LogP contribution is -2.50. The molecule has 0 aliphatic carbocycles. The van der Waals surface area contributed by atoms with Crippen LogP contribution in [0.1, 0.15) is 55.2 Å². The van der Waals surface area contributed by atoms with E-state index in [1.54, 1.807) is 31.2 Å². The van der Waals surface area contributed by atoms with Crippen LogP contribution in [-0.2, 0) is 16.1 Å². The van der Waals surface area contributed by atoms with Gasteiger partial charge >= 0.3 is 0 Å². The highest BCUT2D eigenvalue weighted by atomic mass is 16.3. The molecule has 3 aromatic heterocycles. The molecule has 1 N–H and O–H groups in total. The number of amides is 2. The molecule has 194 valence electrons. The molecule has 0 spiro atoms. The van der Waals surface area contributed by atoms with Crippen LogP contribution in [0.4, 0.5) is 5.69 Å². The lowest BCUT2D eigenvalue weighted by molar-refractivity contribution is -0.128. The number of rotatable bonds is 7. The van der Waals surface area contributed by atoms with E-state index in [-0.39, 0.29) is 18.3 Å². The third-order valence-corrected chi connectivity index (χ3v) is 5.83. The molecule has 2 amide bonds. The molecule has 0 saturated heterocycles. The van der Waals surface area contributed by atoms with Gasteiger partial charge in [0.15, 0.2) is 11.8 Å². The smallest absolute Gasteiger partial charge is 0.251 e. The fourth-order valence-corrected chi connectivity index (χ4v) is 3.99. The van der Waals surface area contributed by atoms with Gasteiger partial charge in [-0.2, -0.15) is 4.80 Å². The summed E-state index contributed by atoms with van der Waals surface area (Å²) in [6.45, 7) is 12.9. The highest BCUT2D eigenvalue weighted by Crippen LogP contribution is 2.33. The number of carbonyl (C=O) groups excluding carboxylic acids is 2. The number of furan rings is 2. The molecule has 0 aliphatic heterocycles. The van der Waals surface area contributed by atoms with Crippen molar-refractivity contribution >= 4 is 17.5 Å². The van der Waals surface area contributed by atoms with Crippen LogP contribution in [0.5, 0.6) is 0 Å². The molecule has 0 saturated carbocycles. The number of carbonyl (C=O) groups is 2. The highest BCUT2D eigenvalue weighted by Gasteiger charge is 2.37. The van der Waals surface area contributed by atoms with Gasteiger partial charge in [0.25, 0.3) is 11.8 Å². The molecule has 37 heavy (non-hydrogen) atoms. The van der Waals surface area contributed by atoms with Gasteiger partial charge in [-0.05, 0) is 95.1 Å². The van der Waals surface area contributed by atoms with Crippen LogP contribution >= 0.6 is 0 Å². The predicted octanol–water partition coefficient (Wildman–Crippen LogP) is 4.45. The Morgan fingerprint density at radius 1 is 1.00 bits per heavy atom. The van der Waals surface area contributed by atoms with Crippen molar-refractivity contribution in [3.8, 4) is 11.6 Å². The van der Waals surface area contributed by atoms with Crippen molar-refractivity contribution in [2.24, 2.45) is 0 Å². The van der Waals surface area contributed by atoms with Gasteiger partial charge in [0.2, 0.25) is 5.82 Å². The first kappa shape index (κ1) is 25.9. The van der Waals surface area contributed by atoms with E-state index in [4.69, 9.17) is 8.83 Å². The Balaban J connectivity index is 1.77. The van der Waals surface area contributed by atoms with Crippen LogP contribution in [0.2, 0.25) is 0 Å². The summed E-state index contributed by atoms with van der Waals surface area (Å²) < 4.78 is 11.5. The Morgan fingerprint density at radius 3 is 2.32 bits per heavy atom. The average molecular weight is 505 g/mol.